The summed E-state index contributed by atoms with van der Waals surface area (Å²) < 4.78 is 7.46. The van der Waals surface area contributed by atoms with E-state index in [9.17, 15) is 9.59 Å². The van der Waals surface area contributed by atoms with Crippen LogP contribution in [0.5, 0.6) is 0 Å². The summed E-state index contributed by atoms with van der Waals surface area (Å²) in [5.74, 6) is 0.421. The van der Waals surface area contributed by atoms with Gasteiger partial charge in [-0.25, -0.2) is 4.98 Å². The van der Waals surface area contributed by atoms with Crippen LogP contribution in [0.1, 0.15) is 28.1 Å². The summed E-state index contributed by atoms with van der Waals surface area (Å²) in [5, 5.41) is 0. The molecule has 0 saturated carbocycles. The molecular formula is C15H18N4O3. The number of nitrogens with one attached hydrogen (secondary N) is 1. The number of H-pyrrole nitrogens is 1. The number of amides is 1. The lowest BCUT2D eigenvalue weighted by Gasteiger charge is -2.32. The molecule has 0 aromatic carbocycles. The Morgan fingerprint density at radius 3 is 3.00 bits per heavy atom. The third-order valence-electron chi connectivity index (χ3n) is 3.71. The highest BCUT2D eigenvalue weighted by Crippen LogP contribution is 2.20. The van der Waals surface area contributed by atoms with Crippen LogP contribution in [0.3, 0.4) is 0 Å². The molecule has 0 aliphatic carbocycles. The normalized spacial score (nSPS) is 18.5. The second-order valence-corrected chi connectivity index (χ2v) is 5.39. The van der Waals surface area contributed by atoms with Crippen molar-refractivity contribution in [2.45, 2.75) is 13.0 Å². The molecule has 1 N–H and O–H groups in total. The predicted octanol–water partition coefficient (Wildman–Crippen LogP) is 0.631. The van der Waals surface area contributed by atoms with Gasteiger partial charge < -0.3 is 19.2 Å². The van der Waals surface area contributed by atoms with E-state index in [0.29, 0.717) is 36.9 Å². The number of ether oxygens (including phenoxy) is 1. The molecule has 3 rings (SSSR count). The first-order valence-corrected chi connectivity index (χ1v) is 7.14. The van der Waals surface area contributed by atoms with Crippen LogP contribution in [0, 0.1) is 6.92 Å². The third kappa shape index (κ3) is 2.80. The second-order valence-electron chi connectivity index (χ2n) is 5.39. The highest BCUT2D eigenvalue weighted by atomic mass is 16.5. The van der Waals surface area contributed by atoms with Gasteiger partial charge in [-0.3, -0.25) is 9.59 Å². The largest absolute Gasteiger partial charge is 0.367 e. The minimum absolute atomic E-state index is 0.0456. The topological polar surface area (TPSA) is 80.2 Å². The van der Waals surface area contributed by atoms with Gasteiger partial charge in [-0.2, -0.15) is 0 Å². The van der Waals surface area contributed by atoms with Gasteiger partial charge in [-0.1, -0.05) is 0 Å². The lowest BCUT2D eigenvalue weighted by Crippen LogP contribution is -2.43. The maximum atomic E-state index is 12.5. The van der Waals surface area contributed by atoms with E-state index < -0.39 is 6.10 Å². The number of hydrogen-bond donors (Lipinski definition) is 1. The number of carbonyl (C=O) groups excluding carboxylic acids is 1. The van der Waals surface area contributed by atoms with E-state index in [1.807, 2.05) is 19.3 Å². The summed E-state index contributed by atoms with van der Waals surface area (Å²) in [6, 6.07) is 5.06. The fourth-order valence-corrected chi connectivity index (χ4v) is 2.60. The molecule has 2 aromatic rings. The van der Waals surface area contributed by atoms with E-state index in [2.05, 4.69) is 9.97 Å². The first-order valence-electron chi connectivity index (χ1n) is 7.14. The molecular weight excluding hydrogens is 284 g/mol. The fourth-order valence-electron chi connectivity index (χ4n) is 2.60. The predicted molar refractivity (Wildman–Crippen MR) is 79.6 cm³/mol. The van der Waals surface area contributed by atoms with E-state index in [1.165, 1.54) is 6.07 Å². The Kier molecular flexibility index (Phi) is 3.81. The van der Waals surface area contributed by atoms with Crippen molar-refractivity contribution in [3.05, 3.63) is 52.0 Å². The zero-order chi connectivity index (χ0) is 15.7. The van der Waals surface area contributed by atoms with Crippen molar-refractivity contribution in [2.75, 3.05) is 19.7 Å². The molecule has 2 aromatic heterocycles. The number of aromatic nitrogens is 3. The van der Waals surface area contributed by atoms with Crippen molar-refractivity contribution in [1.82, 2.24) is 19.4 Å². The average Bonchev–Trinajstić information content (AvgIpc) is 2.92. The van der Waals surface area contributed by atoms with Gasteiger partial charge in [0.15, 0.2) is 0 Å². The number of rotatable bonds is 2. The van der Waals surface area contributed by atoms with Gasteiger partial charge in [-0.15, -0.1) is 0 Å². The van der Waals surface area contributed by atoms with Crippen LogP contribution in [0.4, 0.5) is 0 Å². The first kappa shape index (κ1) is 14.5. The van der Waals surface area contributed by atoms with Gasteiger partial charge in [0.2, 0.25) is 0 Å². The lowest BCUT2D eigenvalue weighted by molar-refractivity contribution is -0.0272. The highest BCUT2D eigenvalue weighted by Gasteiger charge is 2.28. The van der Waals surface area contributed by atoms with Crippen LogP contribution in [0.25, 0.3) is 0 Å². The van der Waals surface area contributed by atoms with Crippen molar-refractivity contribution >= 4 is 5.91 Å². The summed E-state index contributed by atoms with van der Waals surface area (Å²) in [7, 11) is 1.84. The molecule has 7 heteroatoms. The van der Waals surface area contributed by atoms with Gasteiger partial charge in [-0.05, 0) is 19.1 Å². The summed E-state index contributed by atoms with van der Waals surface area (Å²) >= 11 is 0. The van der Waals surface area contributed by atoms with Crippen molar-refractivity contribution in [3.63, 3.8) is 0 Å². The zero-order valence-corrected chi connectivity index (χ0v) is 12.6. The Bertz CT molecular complexity index is 749. The quantitative estimate of drug-likeness (QED) is 0.882. The van der Waals surface area contributed by atoms with Gasteiger partial charge in [0.05, 0.1) is 13.2 Å². The van der Waals surface area contributed by atoms with Crippen LogP contribution >= 0.6 is 0 Å². The molecule has 0 bridgehead atoms. The maximum Gasteiger partial charge on any atom is 0.270 e. The molecule has 1 fully saturated rings. The molecule has 1 amide bonds. The van der Waals surface area contributed by atoms with Crippen LogP contribution in [-0.2, 0) is 11.8 Å². The smallest absolute Gasteiger partial charge is 0.270 e. The van der Waals surface area contributed by atoms with E-state index in [-0.39, 0.29) is 11.5 Å². The molecule has 0 radical (unpaired) electrons. The number of hydrogen-bond acceptors (Lipinski definition) is 4. The average molecular weight is 302 g/mol. The minimum Gasteiger partial charge on any atom is -0.367 e. The van der Waals surface area contributed by atoms with Crippen LogP contribution in [0.2, 0.25) is 0 Å². The van der Waals surface area contributed by atoms with Crippen molar-refractivity contribution in [2.24, 2.45) is 7.05 Å². The molecule has 1 unspecified atom stereocenters. The molecule has 1 atom stereocenters. The number of carbonyl (C=O) groups is 1. The number of aryl methyl sites for hydroxylation is 2. The van der Waals surface area contributed by atoms with Gasteiger partial charge >= 0.3 is 0 Å². The van der Waals surface area contributed by atoms with E-state index in [1.54, 1.807) is 22.5 Å². The Labute approximate surface area is 127 Å². The first-order chi connectivity index (χ1) is 10.5. The Hall–Kier alpha value is -2.41. The van der Waals surface area contributed by atoms with E-state index in [0.717, 1.165) is 0 Å². The van der Waals surface area contributed by atoms with E-state index in [4.69, 9.17) is 4.74 Å². The number of nitrogens with zero attached hydrogens (tertiary/aromatic N) is 3. The molecule has 1 saturated heterocycles. The van der Waals surface area contributed by atoms with Gasteiger partial charge in [0.1, 0.15) is 17.6 Å². The zero-order valence-electron chi connectivity index (χ0n) is 12.6. The van der Waals surface area contributed by atoms with Crippen LogP contribution in [0.15, 0.2) is 29.2 Å². The summed E-state index contributed by atoms with van der Waals surface area (Å²) in [6.07, 6.45) is 1.43. The molecule has 7 nitrogen and oxygen atoms in total. The molecule has 0 spiro atoms. The molecule has 1 aliphatic rings. The van der Waals surface area contributed by atoms with E-state index >= 15 is 0 Å². The SMILES string of the molecule is Cc1cc(=O)[nH]c(C2CN(C(=O)c3cccn3C)CCO2)n1. The third-order valence-corrected chi connectivity index (χ3v) is 3.71. The number of aromatic amines is 1. The van der Waals surface area contributed by atoms with Crippen LogP contribution in [-0.4, -0.2) is 45.0 Å². The van der Waals surface area contributed by atoms with Gasteiger partial charge in [0, 0.05) is 31.5 Å². The Morgan fingerprint density at radius 2 is 2.32 bits per heavy atom. The second kappa shape index (κ2) is 5.76. The van der Waals surface area contributed by atoms with Gasteiger partial charge in [0.25, 0.3) is 11.5 Å². The molecule has 116 valence electrons. The molecule has 3 heterocycles. The molecule has 22 heavy (non-hydrogen) atoms. The summed E-state index contributed by atoms with van der Waals surface area (Å²) in [5.41, 5.74) is 1.05. The maximum absolute atomic E-state index is 12.5. The lowest BCUT2D eigenvalue weighted by atomic mass is 10.2. The summed E-state index contributed by atoms with van der Waals surface area (Å²) in [6.45, 7) is 3.07. The molecule has 1 aliphatic heterocycles. The fraction of sp³-hybridized carbons (Fsp3) is 0.400. The minimum atomic E-state index is -0.412. The monoisotopic (exact) mass is 302 g/mol. The van der Waals surface area contributed by atoms with Crippen molar-refractivity contribution in [3.8, 4) is 0 Å². The number of morpholine rings is 1. The Morgan fingerprint density at radius 1 is 1.50 bits per heavy atom. The van der Waals surface area contributed by atoms with Crippen molar-refractivity contribution in [1.29, 1.82) is 0 Å². The summed E-state index contributed by atoms with van der Waals surface area (Å²) in [4.78, 5) is 32.8. The Balaban J connectivity index is 1.81. The standard InChI is InChI=1S/C15H18N4O3/c1-10-8-13(20)17-14(16-10)12-9-19(6-7-22-12)15(21)11-4-3-5-18(11)2/h3-5,8,12H,6-7,9H2,1-2H3,(H,16,17,20). The van der Waals surface area contributed by atoms with Crippen LogP contribution < -0.4 is 5.56 Å². The highest BCUT2D eigenvalue weighted by molar-refractivity contribution is 5.92. The van der Waals surface area contributed by atoms with Crippen molar-refractivity contribution < 1.29 is 9.53 Å².